The predicted molar refractivity (Wildman–Crippen MR) is 86.2 cm³/mol. The summed E-state index contributed by atoms with van der Waals surface area (Å²) in [6.45, 7) is 5.18. The third kappa shape index (κ3) is 2.43. The lowest BCUT2D eigenvalue weighted by Gasteiger charge is -2.31. The summed E-state index contributed by atoms with van der Waals surface area (Å²) < 4.78 is 0. The van der Waals surface area contributed by atoms with Crippen molar-refractivity contribution in [2.45, 2.75) is 26.8 Å². The molecule has 1 aliphatic rings. The van der Waals surface area contributed by atoms with Crippen LogP contribution in [0.25, 0.3) is 0 Å². The van der Waals surface area contributed by atoms with Crippen LogP contribution >= 0.6 is 0 Å². The number of aldehydes is 1. The summed E-state index contributed by atoms with van der Waals surface area (Å²) >= 11 is 0. The lowest BCUT2D eigenvalue weighted by atomic mass is 9.88. The number of aryl methyl sites for hydroxylation is 1. The van der Waals surface area contributed by atoms with Crippen LogP contribution < -0.4 is 0 Å². The molecule has 1 heterocycles. The van der Waals surface area contributed by atoms with Crippen LogP contribution in [0.5, 0.6) is 0 Å². The van der Waals surface area contributed by atoms with Crippen molar-refractivity contribution in [3.63, 3.8) is 0 Å². The van der Waals surface area contributed by atoms with Crippen molar-refractivity contribution in [2.75, 3.05) is 6.54 Å². The standard InChI is InChI=1S/C19H19NO2/c1-13-10-16(12-21)14(2)18-17(13)8-9-20(19(18)22)11-15-6-4-3-5-7-15/h3-7,10,12H,8-9,11H2,1-2H3. The summed E-state index contributed by atoms with van der Waals surface area (Å²) in [5.74, 6) is 0.0365. The molecule has 2 aromatic carbocycles. The lowest BCUT2D eigenvalue weighted by Crippen LogP contribution is -2.38. The average molecular weight is 293 g/mol. The van der Waals surface area contributed by atoms with Gasteiger partial charge in [-0.2, -0.15) is 0 Å². The molecule has 3 rings (SSSR count). The molecular weight excluding hydrogens is 274 g/mol. The molecule has 0 spiro atoms. The van der Waals surface area contributed by atoms with Gasteiger partial charge in [-0.25, -0.2) is 0 Å². The van der Waals surface area contributed by atoms with Crippen molar-refractivity contribution in [3.8, 4) is 0 Å². The van der Waals surface area contributed by atoms with Gasteiger partial charge in [-0.05, 0) is 48.6 Å². The highest BCUT2D eigenvalue weighted by molar-refractivity contribution is 6.00. The van der Waals surface area contributed by atoms with Gasteiger partial charge in [0.05, 0.1) is 0 Å². The molecule has 0 fully saturated rings. The number of fused-ring (bicyclic) bond motifs is 1. The summed E-state index contributed by atoms with van der Waals surface area (Å²) in [5, 5.41) is 0. The summed E-state index contributed by atoms with van der Waals surface area (Å²) in [4.78, 5) is 26.0. The molecule has 112 valence electrons. The predicted octanol–water partition coefficient (Wildman–Crippen LogP) is 3.31. The van der Waals surface area contributed by atoms with E-state index in [1.165, 1.54) is 0 Å². The second-order valence-corrected chi connectivity index (χ2v) is 5.84. The Balaban J connectivity index is 1.98. The van der Waals surface area contributed by atoms with Gasteiger partial charge in [0.15, 0.2) is 0 Å². The van der Waals surface area contributed by atoms with Crippen LogP contribution in [0.3, 0.4) is 0 Å². The van der Waals surface area contributed by atoms with Gasteiger partial charge < -0.3 is 4.90 Å². The summed E-state index contributed by atoms with van der Waals surface area (Å²) in [6, 6.07) is 11.9. The molecule has 0 radical (unpaired) electrons. The van der Waals surface area contributed by atoms with Crippen LogP contribution in [0, 0.1) is 13.8 Å². The first kappa shape index (κ1) is 14.5. The van der Waals surface area contributed by atoms with E-state index in [9.17, 15) is 9.59 Å². The molecule has 0 atom stereocenters. The van der Waals surface area contributed by atoms with E-state index < -0.39 is 0 Å². The lowest BCUT2D eigenvalue weighted by molar-refractivity contribution is 0.0726. The topological polar surface area (TPSA) is 37.4 Å². The maximum atomic E-state index is 12.9. The molecule has 3 heteroatoms. The van der Waals surface area contributed by atoms with Crippen LogP contribution in [-0.2, 0) is 13.0 Å². The van der Waals surface area contributed by atoms with Crippen LogP contribution in [0.1, 0.15) is 43.0 Å². The normalized spacial score (nSPS) is 13.9. The maximum absolute atomic E-state index is 12.9. The SMILES string of the molecule is Cc1cc(C=O)c(C)c2c1CCN(Cc1ccccc1)C2=O. The zero-order valence-corrected chi connectivity index (χ0v) is 12.9. The minimum Gasteiger partial charge on any atom is -0.334 e. The molecule has 0 aromatic heterocycles. The molecular formula is C19H19NO2. The summed E-state index contributed by atoms with van der Waals surface area (Å²) in [7, 11) is 0. The van der Waals surface area contributed by atoms with E-state index in [1.807, 2.05) is 55.1 Å². The quantitative estimate of drug-likeness (QED) is 0.814. The Kier molecular flexibility index (Phi) is 3.80. The molecule has 0 saturated heterocycles. The number of amides is 1. The minimum absolute atomic E-state index is 0.0365. The molecule has 0 N–H and O–H groups in total. The second kappa shape index (κ2) is 5.76. The van der Waals surface area contributed by atoms with Crippen molar-refractivity contribution in [3.05, 3.63) is 69.8 Å². The Bertz CT molecular complexity index is 735. The Hall–Kier alpha value is -2.42. The van der Waals surface area contributed by atoms with Crippen LogP contribution in [0.2, 0.25) is 0 Å². The number of hydrogen-bond donors (Lipinski definition) is 0. The fourth-order valence-corrected chi connectivity index (χ4v) is 3.19. The van der Waals surface area contributed by atoms with Gasteiger partial charge in [0.2, 0.25) is 0 Å². The van der Waals surface area contributed by atoms with Gasteiger partial charge in [-0.3, -0.25) is 9.59 Å². The fourth-order valence-electron chi connectivity index (χ4n) is 3.19. The number of hydrogen-bond acceptors (Lipinski definition) is 2. The highest BCUT2D eigenvalue weighted by Gasteiger charge is 2.28. The second-order valence-electron chi connectivity index (χ2n) is 5.84. The van der Waals surface area contributed by atoms with Gasteiger partial charge in [-0.1, -0.05) is 30.3 Å². The number of benzene rings is 2. The van der Waals surface area contributed by atoms with E-state index in [-0.39, 0.29) is 5.91 Å². The van der Waals surface area contributed by atoms with E-state index in [4.69, 9.17) is 0 Å². The van der Waals surface area contributed by atoms with Crippen molar-refractivity contribution in [1.82, 2.24) is 4.90 Å². The maximum Gasteiger partial charge on any atom is 0.254 e. The van der Waals surface area contributed by atoms with Crippen LogP contribution in [0.15, 0.2) is 36.4 Å². The Morgan fingerprint density at radius 3 is 2.59 bits per heavy atom. The molecule has 1 amide bonds. The number of carbonyl (C=O) groups excluding carboxylic acids is 2. The third-order valence-corrected chi connectivity index (χ3v) is 4.43. The monoisotopic (exact) mass is 293 g/mol. The zero-order valence-electron chi connectivity index (χ0n) is 12.9. The highest BCUT2D eigenvalue weighted by atomic mass is 16.2. The third-order valence-electron chi connectivity index (χ3n) is 4.43. The molecule has 0 saturated carbocycles. The van der Waals surface area contributed by atoms with E-state index in [0.29, 0.717) is 12.1 Å². The van der Waals surface area contributed by atoms with Crippen molar-refractivity contribution in [2.24, 2.45) is 0 Å². The van der Waals surface area contributed by atoms with E-state index >= 15 is 0 Å². The minimum atomic E-state index is 0.0365. The molecule has 0 aliphatic carbocycles. The van der Waals surface area contributed by atoms with E-state index in [0.717, 1.165) is 47.1 Å². The largest absolute Gasteiger partial charge is 0.334 e. The Morgan fingerprint density at radius 1 is 1.18 bits per heavy atom. The van der Waals surface area contributed by atoms with Gasteiger partial charge in [0.25, 0.3) is 5.91 Å². The number of carbonyl (C=O) groups is 2. The molecule has 3 nitrogen and oxygen atoms in total. The van der Waals surface area contributed by atoms with Crippen LogP contribution in [-0.4, -0.2) is 23.6 Å². The van der Waals surface area contributed by atoms with Gasteiger partial charge >= 0.3 is 0 Å². The molecule has 0 unspecified atom stereocenters. The number of nitrogens with zero attached hydrogens (tertiary/aromatic N) is 1. The molecule has 1 aliphatic heterocycles. The van der Waals surface area contributed by atoms with Crippen molar-refractivity contribution >= 4 is 12.2 Å². The van der Waals surface area contributed by atoms with Crippen molar-refractivity contribution in [1.29, 1.82) is 0 Å². The first-order valence-electron chi connectivity index (χ1n) is 7.53. The Morgan fingerprint density at radius 2 is 1.91 bits per heavy atom. The first-order valence-corrected chi connectivity index (χ1v) is 7.53. The van der Waals surface area contributed by atoms with Gasteiger partial charge in [-0.15, -0.1) is 0 Å². The zero-order chi connectivity index (χ0) is 15.7. The summed E-state index contributed by atoms with van der Waals surface area (Å²) in [5.41, 5.74) is 5.40. The highest BCUT2D eigenvalue weighted by Crippen LogP contribution is 2.28. The van der Waals surface area contributed by atoms with Gasteiger partial charge in [0, 0.05) is 24.2 Å². The molecule has 2 aromatic rings. The molecule has 22 heavy (non-hydrogen) atoms. The molecule has 0 bridgehead atoms. The van der Waals surface area contributed by atoms with Crippen molar-refractivity contribution < 1.29 is 9.59 Å². The Labute approximate surface area is 130 Å². The van der Waals surface area contributed by atoms with E-state index in [1.54, 1.807) is 0 Å². The first-order chi connectivity index (χ1) is 10.6. The summed E-state index contributed by atoms with van der Waals surface area (Å²) in [6.07, 6.45) is 1.69. The number of rotatable bonds is 3. The van der Waals surface area contributed by atoms with Gasteiger partial charge in [0.1, 0.15) is 6.29 Å². The smallest absolute Gasteiger partial charge is 0.254 e. The van der Waals surface area contributed by atoms with E-state index in [2.05, 4.69) is 0 Å². The fraction of sp³-hybridized carbons (Fsp3) is 0.263. The average Bonchev–Trinajstić information content (AvgIpc) is 2.53. The van der Waals surface area contributed by atoms with Crippen LogP contribution in [0.4, 0.5) is 0 Å².